The molecule has 144 valence electrons. The Morgan fingerprint density at radius 3 is 2.41 bits per heavy atom. The lowest BCUT2D eigenvalue weighted by Gasteiger charge is -2.35. The van der Waals surface area contributed by atoms with Crippen LogP contribution in [0.3, 0.4) is 0 Å². The average Bonchev–Trinajstić information content (AvgIpc) is 2.61. The van der Waals surface area contributed by atoms with E-state index in [9.17, 15) is 13.2 Å². The highest BCUT2D eigenvalue weighted by atomic mass is 32.2. The molecule has 0 radical (unpaired) electrons. The maximum absolute atomic E-state index is 12.9. The molecular weight excluding hydrogens is 362 g/mol. The lowest BCUT2D eigenvalue weighted by atomic mass is 10.1. The van der Waals surface area contributed by atoms with Crippen LogP contribution in [0.1, 0.15) is 21.5 Å². The summed E-state index contributed by atoms with van der Waals surface area (Å²) in [5, 5.41) is 0. The van der Waals surface area contributed by atoms with E-state index in [2.05, 4.69) is 40.8 Å². The molecule has 0 spiro atoms. The average molecular weight is 388 g/mol. The molecule has 6 nitrogen and oxygen atoms in total. The molecule has 0 aliphatic carbocycles. The fourth-order valence-corrected chi connectivity index (χ4v) is 3.88. The molecule has 2 aromatic rings. The molecule has 0 aromatic heterocycles. The maximum atomic E-state index is 12.9. The van der Waals surface area contributed by atoms with Gasteiger partial charge in [-0.3, -0.25) is 14.4 Å². The van der Waals surface area contributed by atoms with E-state index in [1.54, 1.807) is 29.2 Å². The van der Waals surface area contributed by atoms with E-state index >= 15 is 0 Å². The first-order valence-corrected chi connectivity index (χ1v) is 10.8. The van der Waals surface area contributed by atoms with Gasteiger partial charge in [-0.1, -0.05) is 42.0 Å². The molecule has 27 heavy (non-hydrogen) atoms. The molecule has 1 N–H and O–H groups in total. The number of hydrogen-bond donors (Lipinski definition) is 1. The molecule has 0 saturated carbocycles. The predicted octanol–water partition coefficient (Wildman–Crippen LogP) is 2.32. The molecule has 1 heterocycles. The largest absolute Gasteiger partial charge is 0.336 e. The van der Waals surface area contributed by atoms with Crippen LogP contribution in [0.15, 0.2) is 48.5 Å². The van der Waals surface area contributed by atoms with Gasteiger partial charge >= 0.3 is 0 Å². The van der Waals surface area contributed by atoms with Gasteiger partial charge in [0.25, 0.3) is 5.91 Å². The Labute approximate surface area is 160 Å². The number of para-hydroxylation sites is 1. The Morgan fingerprint density at radius 1 is 1.04 bits per heavy atom. The number of anilines is 1. The van der Waals surface area contributed by atoms with Crippen molar-refractivity contribution in [3.05, 3.63) is 65.2 Å². The number of nitrogens with zero attached hydrogens (tertiary/aromatic N) is 2. The van der Waals surface area contributed by atoms with E-state index in [0.29, 0.717) is 24.3 Å². The Morgan fingerprint density at radius 2 is 1.74 bits per heavy atom. The number of benzene rings is 2. The third-order valence-electron chi connectivity index (χ3n) is 4.60. The van der Waals surface area contributed by atoms with Crippen LogP contribution >= 0.6 is 0 Å². The van der Waals surface area contributed by atoms with Gasteiger partial charge in [-0.05, 0) is 24.6 Å². The molecule has 1 aliphatic heterocycles. The topological polar surface area (TPSA) is 69.7 Å². The van der Waals surface area contributed by atoms with E-state index in [-0.39, 0.29) is 5.91 Å². The number of carbonyl (C=O) groups is 1. The summed E-state index contributed by atoms with van der Waals surface area (Å²) < 4.78 is 25.5. The van der Waals surface area contributed by atoms with Crippen LogP contribution in [-0.4, -0.2) is 56.6 Å². The van der Waals surface area contributed by atoms with Gasteiger partial charge in [-0.15, -0.1) is 0 Å². The highest BCUT2D eigenvalue weighted by molar-refractivity contribution is 7.92. The zero-order chi connectivity index (χ0) is 19.4. The molecule has 1 saturated heterocycles. The van der Waals surface area contributed by atoms with Crippen molar-refractivity contribution in [2.75, 3.05) is 37.2 Å². The Hall–Kier alpha value is -2.38. The SMILES string of the molecule is Cc1cccc(CN2CCN(C(=O)c3ccccc3NS(C)(=O)=O)CC2)c1. The number of carbonyl (C=O) groups excluding carboxylic acids is 1. The second kappa shape index (κ2) is 8.10. The lowest BCUT2D eigenvalue weighted by molar-refractivity contribution is 0.0629. The van der Waals surface area contributed by atoms with Gasteiger partial charge in [0.15, 0.2) is 0 Å². The van der Waals surface area contributed by atoms with Crippen LogP contribution in [-0.2, 0) is 16.6 Å². The predicted molar refractivity (Wildman–Crippen MR) is 107 cm³/mol. The first kappa shape index (κ1) is 19.4. The van der Waals surface area contributed by atoms with E-state index in [0.717, 1.165) is 25.9 Å². The Bertz CT molecular complexity index is 920. The molecule has 3 rings (SSSR count). The molecule has 0 unspecified atom stereocenters. The summed E-state index contributed by atoms with van der Waals surface area (Å²) in [5.41, 5.74) is 3.23. The zero-order valence-electron chi connectivity index (χ0n) is 15.7. The smallest absolute Gasteiger partial charge is 0.256 e. The minimum Gasteiger partial charge on any atom is -0.336 e. The molecule has 7 heteroatoms. The van der Waals surface area contributed by atoms with Crippen molar-refractivity contribution in [3.63, 3.8) is 0 Å². The van der Waals surface area contributed by atoms with Crippen molar-refractivity contribution in [3.8, 4) is 0 Å². The highest BCUT2D eigenvalue weighted by Crippen LogP contribution is 2.20. The monoisotopic (exact) mass is 387 g/mol. The number of piperazine rings is 1. The molecule has 0 bridgehead atoms. The second-order valence-corrected chi connectivity index (χ2v) is 8.73. The molecule has 1 amide bonds. The third kappa shape index (κ3) is 5.30. The number of aryl methyl sites for hydroxylation is 1. The Kier molecular flexibility index (Phi) is 5.82. The number of amides is 1. The van der Waals surface area contributed by atoms with Gasteiger partial charge in [-0.25, -0.2) is 8.42 Å². The zero-order valence-corrected chi connectivity index (χ0v) is 16.5. The summed E-state index contributed by atoms with van der Waals surface area (Å²) in [4.78, 5) is 17.0. The Balaban J connectivity index is 1.64. The van der Waals surface area contributed by atoms with Crippen LogP contribution in [0, 0.1) is 6.92 Å². The van der Waals surface area contributed by atoms with Crippen LogP contribution in [0.2, 0.25) is 0 Å². The molecule has 0 atom stereocenters. The summed E-state index contributed by atoms with van der Waals surface area (Å²) in [7, 11) is -3.44. The van der Waals surface area contributed by atoms with Crippen molar-refractivity contribution >= 4 is 21.6 Å². The highest BCUT2D eigenvalue weighted by Gasteiger charge is 2.24. The van der Waals surface area contributed by atoms with Gasteiger partial charge in [-0.2, -0.15) is 0 Å². The quantitative estimate of drug-likeness (QED) is 0.855. The third-order valence-corrected chi connectivity index (χ3v) is 5.19. The first-order valence-electron chi connectivity index (χ1n) is 8.96. The van der Waals surface area contributed by atoms with Crippen LogP contribution in [0.5, 0.6) is 0 Å². The maximum Gasteiger partial charge on any atom is 0.256 e. The van der Waals surface area contributed by atoms with Crippen molar-refractivity contribution in [1.82, 2.24) is 9.80 Å². The van der Waals surface area contributed by atoms with E-state index in [1.165, 1.54) is 11.1 Å². The molecule has 2 aromatic carbocycles. The fourth-order valence-electron chi connectivity index (χ4n) is 3.31. The summed E-state index contributed by atoms with van der Waals surface area (Å²) in [6, 6.07) is 15.2. The summed E-state index contributed by atoms with van der Waals surface area (Å²) in [6.45, 7) is 5.79. The second-order valence-electron chi connectivity index (χ2n) is 6.98. The van der Waals surface area contributed by atoms with E-state index < -0.39 is 10.0 Å². The van der Waals surface area contributed by atoms with E-state index in [4.69, 9.17) is 0 Å². The minimum absolute atomic E-state index is 0.142. The number of sulfonamides is 1. The van der Waals surface area contributed by atoms with Crippen LogP contribution in [0.25, 0.3) is 0 Å². The molecule has 1 aliphatic rings. The van der Waals surface area contributed by atoms with Gasteiger partial charge in [0.2, 0.25) is 10.0 Å². The van der Waals surface area contributed by atoms with Crippen molar-refractivity contribution < 1.29 is 13.2 Å². The van der Waals surface area contributed by atoms with Crippen molar-refractivity contribution in [2.45, 2.75) is 13.5 Å². The van der Waals surface area contributed by atoms with Crippen LogP contribution in [0.4, 0.5) is 5.69 Å². The van der Waals surface area contributed by atoms with Gasteiger partial charge < -0.3 is 4.90 Å². The van der Waals surface area contributed by atoms with Crippen molar-refractivity contribution in [2.24, 2.45) is 0 Å². The molecular formula is C20H25N3O3S. The van der Waals surface area contributed by atoms with E-state index in [1.807, 2.05) is 0 Å². The standard InChI is InChI=1S/C20H25N3O3S/c1-16-6-5-7-17(14-16)15-22-10-12-23(13-11-22)20(24)18-8-3-4-9-19(18)21-27(2,25)26/h3-9,14,21H,10-13,15H2,1-2H3. The molecule has 1 fully saturated rings. The van der Waals surface area contributed by atoms with Gasteiger partial charge in [0, 0.05) is 32.7 Å². The lowest BCUT2D eigenvalue weighted by Crippen LogP contribution is -2.48. The minimum atomic E-state index is -3.44. The summed E-state index contributed by atoms with van der Waals surface area (Å²) >= 11 is 0. The van der Waals surface area contributed by atoms with Gasteiger partial charge in [0.1, 0.15) is 0 Å². The number of hydrogen-bond acceptors (Lipinski definition) is 4. The van der Waals surface area contributed by atoms with Gasteiger partial charge in [0.05, 0.1) is 17.5 Å². The normalized spacial score (nSPS) is 15.6. The summed E-state index contributed by atoms with van der Waals surface area (Å²) in [6.07, 6.45) is 1.08. The number of nitrogens with one attached hydrogen (secondary N) is 1. The first-order chi connectivity index (χ1) is 12.8. The van der Waals surface area contributed by atoms with Crippen LogP contribution < -0.4 is 4.72 Å². The summed E-state index contributed by atoms with van der Waals surface area (Å²) in [5.74, 6) is -0.142. The number of rotatable bonds is 5. The van der Waals surface area contributed by atoms with Crippen molar-refractivity contribution in [1.29, 1.82) is 0 Å². The fraction of sp³-hybridized carbons (Fsp3) is 0.350.